The van der Waals surface area contributed by atoms with Gasteiger partial charge in [0, 0.05) is 44.7 Å². The molecule has 1 fully saturated rings. The Morgan fingerprint density at radius 2 is 1.97 bits per heavy atom. The minimum absolute atomic E-state index is 0.0346. The van der Waals surface area contributed by atoms with Crippen LogP contribution in [0.3, 0.4) is 0 Å². The van der Waals surface area contributed by atoms with Crippen LogP contribution in [0.2, 0.25) is 0 Å². The molecular weight excluding hydrogens is 400 g/mol. The zero-order chi connectivity index (χ0) is 21.7. The van der Waals surface area contributed by atoms with Crippen LogP contribution in [0, 0.1) is 5.92 Å². The van der Waals surface area contributed by atoms with E-state index in [2.05, 4.69) is 39.6 Å². The van der Waals surface area contributed by atoms with Crippen LogP contribution in [0.5, 0.6) is 0 Å². The fourth-order valence-electron chi connectivity index (χ4n) is 5.72. The molecule has 0 saturated carbocycles. The molecule has 1 N–H and O–H groups in total. The number of fused-ring (bicyclic) bond motifs is 3. The van der Waals surface area contributed by atoms with E-state index in [1.165, 1.54) is 22.4 Å². The van der Waals surface area contributed by atoms with Crippen molar-refractivity contribution < 1.29 is 4.79 Å². The molecule has 1 atom stereocenters. The van der Waals surface area contributed by atoms with E-state index in [0.717, 1.165) is 69.7 Å². The number of anilines is 1. The molecule has 1 aliphatic carbocycles. The van der Waals surface area contributed by atoms with Crippen molar-refractivity contribution in [1.29, 1.82) is 0 Å². The molecule has 0 bridgehead atoms. The van der Waals surface area contributed by atoms with Gasteiger partial charge in [0.1, 0.15) is 5.82 Å². The number of rotatable bonds is 3. The highest BCUT2D eigenvalue weighted by Gasteiger charge is 2.39. The number of carbonyl (C=O) groups is 1. The molecule has 2 aliphatic heterocycles. The number of hydrogen-bond acceptors (Lipinski definition) is 5. The summed E-state index contributed by atoms with van der Waals surface area (Å²) in [6.45, 7) is 3.40. The van der Waals surface area contributed by atoms with Crippen molar-refractivity contribution in [1.82, 2.24) is 24.8 Å². The Bertz CT molecular complexity index is 1160. The quantitative estimate of drug-likeness (QED) is 0.691. The number of carbonyl (C=O) groups excluding carboxylic acids is 1. The summed E-state index contributed by atoms with van der Waals surface area (Å²) in [5.41, 5.74) is 6.07. The monoisotopic (exact) mass is 430 g/mol. The number of amides is 1. The van der Waals surface area contributed by atoms with E-state index in [0.29, 0.717) is 0 Å². The van der Waals surface area contributed by atoms with Gasteiger partial charge in [0.05, 0.1) is 23.9 Å². The van der Waals surface area contributed by atoms with E-state index < -0.39 is 0 Å². The summed E-state index contributed by atoms with van der Waals surface area (Å²) < 4.78 is 1.96. The second-order valence-corrected chi connectivity index (χ2v) is 9.37. The van der Waals surface area contributed by atoms with E-state index in [-0.39, 0.29) is 17.9 Å². The molecule has 166 valence electrons. The first kappa shape index (κ1) is 19.7. The molecule has 32 heavy (non-hydrogen) atoms. The minimum Gasteiger partial charge on any atom is -0.354 e. The average Bonchev–Trinajstić information content (AvgIpc) is 3.13. The number of nitrogens with one attached hydrogen (secondary N) is 1. The second-order valence-electron chi connectivity index (χ2n) is 9.37. The molecule has 3 aromatic rings. The Kier molecular flexibility index (Phi) is 4.86. The van der Waals surface area contributed by atoms with Gasteiger partial charge >= 0.3 is 0 Å². The third-order valence-corrected chi connectivity index (χ3v) is 7.46. The van der Waals surface area contributed by atoms with Crippen LogP contribution < -0.4 is 10.2 Å². The summed E-state index contributed by atoms with van der Waals surface area (Å²) in [6, 6.07) is 10.8. The average molecular weight is 431 g/mol. The topological polar surface area (TPSA) is 65.8 Å². The van der Waals surface area contributed by atoms with Gasteiger partial charge in [0.15, 0.2) is 5.65 Å². The van der Waals surface area contributed by atoms with Crippen LogP contribution in [-0.2, 0) is 24.1 Å². The van der Waals surface area contributed by atoms with Crippen LogP contribution in [-0.4, -0.2) is 58.6 Å². The van der Waals surface area contributed by atoms with E-state index in [4.69, 9.17) is 4.98 Å². The Hall–Kier alpha value is -2.93. The fourth-order valence-corrected chi connectivity index (χ4v) is 5.72. The summed E-state index contributed by atoms with van der Waals surface area (Å²) in [4.78, 5) is 22.6. The number of aromatic nitrogens is 3. The highest BCUT2D eigenvalue weighted by atomic mass is 16.2. The summed E-state index contributed by atoms with van der Waals surface area (Å²) in [6.07, 6.45) is 7.01. The van der Waals surface area contributed by atoms with Crippen molar-refractivity contribution >= 4 is 17.4 Å². The molecule has 0 radical (unpaired) electrons. The SMILES string of the molecule is CN(C(=O)C1CN(c2c3c(nc4ccnn24)CCNCC3)C1)C1CCCc2ccccc21. The van der Waals surface area contributed by atoms with Gasteiger partial charge in [-0.3, -0.25) is 4.79 Å². The van der Waals surface area contributed by atoms with E-state index in [1.807, 2.05) is 28.7 Å². The zero-order valence-corrected chi connectivity index (χ0v) is 18.6. The lowest BCUT2D eigenvalue weighted by Gasteiger charge is -2.44. The molecule has 4 heterocycles. The smallest absolute Gasteiger partial charge is 0.229 e. The number of benzene rings is 1. The predicted molar refractivity (Wildman–Crippen MR) is 124 cm³/mol. The summed E-state index contributed by atoms with van der Waals surface area (Å²) >= 11 is 0. The Labute approximate surface area is 188 Å². The summed E-state index contributed by atoms with van der Waals surface area (Å²) in [5, 5.41) is 8.04. The molecule has 7 heteroatoms. The fraction of sp³-hybridized carbons (Fsp3) is 0.480. The van der Waals surface area contributed by atoms with Crippen molar-refractivity contribution in [2.24, 2.45) is 5.92 Å². The molecule has 1 aromatic carbocycles. The molecule has 1 unspecified atom stereocenters. The van der Waals surface area contributed by atoms with Gasteiger partial charge in [0.2, 0.25) is 5.91 Å². The van der Waals surface area contributed by atoms with Crippen molar-refractivity contribution in [3.05, 3.63) is 58.9 Å². The van der Waals surface area contributed by atoms with Gasteiger partial charge in [-0.1, -0.05) is 24.3 Å². The first-order chi connectivity index (χ1) is 15.7. The van der Waals surface area contributed by atoms with Crippen LogP contribution >= 0.6 is 0 Å². The van der Waals surface area contributed by atoms with Gasteiger partial charge in [0.25, 0.3) is 0 Å². The summed E-state index contributed by atoms with van der Waals surface area (Å²) in [5.74, 6) is 1.43. The lowest BCUT2D eigenvalue weighted by molar-refractivity contribution is -0.137. The third-order valence-electron chi connectivity index (χ3n) is 7.46. The molecule has 6 rings (SSSR count). The number of nitrogens with zero attached hydrogens (tertiary/aromatic N) is 5. The predicted octanol–water partition coefficient (Wildman–Crippen LogP) is 2.39. The van der Waals surface area contributed by atoms with Crippen LogP contribution in [0.4, 0.5) is 5.82 Å². The van der Waals surface area contributed by atoms with Gasteiger partial charge in [-0.15, -0.1) is 0 Å². The number of aryl methyl sites for hydroxylation is 1. The lowest BCUT2D eigenvalue weighted by atomic mass is 9.86. The van der Waals surface area contributed by atoms with Crippen molar-refractivity contribution in [3.63, 3.8) is 0 Å². The largest absolute Gasteiger partial charge is 0.354 e. The van der Waals surface area contributed by atoms with Crippen molar-refractivity contribution in [2.75, 3.05) is 38.1 Å². The van der Waals surface area contributed by atoms with Crippen LogP contribution in [0.25, 0.3) is 5.65 Å². The normalized spacial score (nSPS) is 20.9. The maximum atomic E-state index is 13.4. The van der Waals surface area contributed by atoms with Crippen molar-refractivity contribution in [3.8, 4) is 0 Å². The van der Waals surface area contributed by atoms with E-state index in [9.17, 15) is 4.79 Å². The van der Waals surface area contributed by atoms with Gasteiger partial charge in [-0.2, -0.15) is 9.61 Å². The summed E-state index contributed by atoms with van der Waals surface area (Å²) in [7, 11) is 1.99. The second kappa shape index (κ2) is 7.89. The van der Waals surface area contributed by atoms with Gasteiger partial charge < -0.3 is 15.1 Å². The lowest BCUT2D eigenvalue weighted by Crippen LogP contribution is -2.55. The zero-order valence-electron chi connectivity index (χ0n) is 18.6. The molecular formula is C25H30N6O. The first-order valence-electron chi connectivity index (χ1n) is 11.9. The molecule has 0 spiro atoms. The van der Waals surface area contributed by atoms with Crippen molar-refractivity contribution in [2.45, 2.75) is 38.1 Å². The van der Waals surface area contributed by atoms with Crippen LogP contribution in [0.15, 0.2) is 36.5 Å². The van der Waals surface area contributed by atoms with Crippen LogP contribution in [0.1, 0.15) is 41.3 Å². The molecule has 1 amide bonds. The molecule has 1 saturated heterocycles. The Morgan fingerprint density at radius 1 is 1.12 bits per heavy atom. The maximum absolute atomic E-state index is 13.4. The van der Waals surface area contributed by atoms with Gasteiger partial charge in [-0.05, 0) is 43.4 Å². The Morgan fingerprint density at radius 3 is 2.88 bits per heavy atom. The molecule has 3 aliphatic rings. The standard InChI is InChI=1S/C25H30N6O/c1-29(22-8-4-6-17-5-2-3-7-19(17)22)25(32)18-15-30(16-18)24-20-9-12-26-13-10-21(20)28-23-11-14-27-31(23)24/h2-3,5,7,11,14,18,22,26H,4,6,8-10,12-13,15-16H2,1H3. The minimum atomic E-state index is 0.0346. The van der Waals surface area contributed by atoms with E-state index in [1.54, 1.807) is 0 Å². The Balaban J connectivity index is 1.23. The maximum Gasteiger partial charge on any atom is 0.229 e. The highest BCUT2D eigenvalue weighted by Crippen LogP contribution is 2.36. The molecule has 7 nitrogen and oxygen atoms in total. The molecule has 2 aromatic heterocycles. The highest BCUT2D eigenvalue weighted by molar-refractivity contribution is 5.82. The number of hydrogen-bond donors (Lipinski definition) is 1. The van der Waals surface area contributed by atoms with E-state index >= 15 is 0 Å². The first-order valence-corrected chi connectivity index (χ1v) is 11.9. The van der Waals surface area contributed by atoms with Gasteiger partial charge in [-0.25, -0.2) is 4.98 Å². The third kappa shape index (κ3) is 3.18.